The number of fused-ring (bicyclic) bond motifs is 1. The Morgan fingerprint density at radius 3 is 2.88 bits per heavy atom. The predicted molar refractivity (Wildman–Crippen MR) is 92.9 cm³/mol. The van der Waals surface area contributed by atoms with Gasteiger partial charge >= 0.3 is 0 Å². The fraction of sp³-hybridized carbons (Fsp3) is 0.0667. The van der Waals surface area contributed by atoms with Gasteiger partial charge in [-0.15, -0.1) is 0 Å². The highest BCUT2D eigenvalue weighted by Gasteiger charge is 2.22. The lowest BCUT2D eigenvalue weighted by Crippen LogP contribution is -1.99. The number of H-pyrrole nitrogens is 1. The number of nitro benzene ring substituents is 1. The van der Waals surface area contributed by atoms with Crippen molar-refractivity contribution in [3.63, 3.8) is 0 Å². The van der Waals surface area contributed by atoms with Gasteiger partial charge in [0.1, 0.15) is 5.69 Å². The Kier molecular flexibility index (Phi) is 3.89. The number of rotatable bonds is 4. The summed E-state index contributed by atoms with van der Waals surface area (Å²) in [7, 11) is 0. The summed E-state index contributed by atoms with van der Waals surface area (Å²) in [6, 6.07) is 8.12. The maximum atomic E-state index is 11.3. The number of ether oxygens (including phenoxy) is 2. The van der Waals surface area contributed by atoms with Gasteiger partial charge < -0.3 is 9.47 Å². The second-order valence-electron chi connectivity index (χ2n) is 5.15. The molecule has 1 N–H and O–H groups in total. The van der Waals surface area contributed by atoms with E-state index in [0.717, 1.165) is 0 Å². The highest BCUT2D eigenvalue weighted by atomic mass is 32.1. The van der Waals surface area contributed by atoms with Gasteiger partial charge in [0.05, 0.1) is 22.8 Å². The molecule has 130 valence electrons. The minimum atomic E-state index is -0.516. The van der Waals surface area contributed by atoms with Gasteiger partial charge in [-0.3, -0.25) is 15.1 Å². The SMILES string of the molecule is O=[N+]([O-])c1cc2c(cc1/C=N\n1c(-c3ccccn3)n[nH]c1=S)OCO2. The summed E-state index contributed by atoms with van der Waals surface area (Å²) >= 11 is 5.18. The van der Waals surface area contributed by atoms with Gasteiger partial charge in [-0.2, -0.15) is 14.9 Å². The van der Waals surface area contributed by atoms with Crippen LogP contribution >= 0.6 is 12.2 Å². The highest BCUT2D eigenvalue weighted by molar-refractivity contribution is 7.71. The maximum absolute atomic E-state index is 11.3. The van der Waals surface area contributed by atoms with Gasteiger partial charge in [0.15, 0.2) is 11.5 Å². The van der Waals surface area contributed by atoms with Crippen molar-refractivity contribution in [2.45, 2.75) is 0 Å². The van der Waals surface area contributed by atoms with E-state index in [4.69, 9.17) is 21.7 Å². The molecule has 0 spiro atoms. The van der Waals surface area contributed by atoms with Crippen molar-refractivity contribution in [1.29, 1.82) is 0 Å². The van der Waals surface area contributed by atoms with Gasteiger partial charge in [0.2, 0.25) is 17.4 Å². The van der Waals surface area contributed by atoms with Crippen LogP contribution in [0.1, 0.15) is 5.56 Å². The minimum Gasteiger partial charge on any atom is -0.454 e. The largest absolute Gasteiger partial charge is 0.454 e. The molecule has 0 fully saturated rings. The van der Waals surface area contributed by atoms with E-state index < -0.39 is 4.92 Å². The van der Waals surface area contributed by atoms with Crippen LogP contribution in [0, 0.1) is 14.9 Å². The summed E-state index contributed by atoms with van der Waals surface area (Å²) in [5, 5.41) is 22.3. The van der Waals surface area contributed by atoms with Gasteiger partial charge in [0.25, 0.3) is 5.69 Å². The molecule has 1 aliphatic rings. The second-order valence-corrected chi connectivity index (χ2v) is 5.53. The molecule has 10 nitrogen and oxygen atoms in total. The van der Waals surface area contributed by atoms with Crippen LogP contribution in [0.25, 0.3) is 11.5 Å². The van der Waals surface area contributed by atoms with Gasteiger partial charge in [-0.1, -0.05) is 6.07 Å². The molecule has 0 atom stereocenters. The van der Waals surface area contributed by atoms with Crippen molar-refractivity contribution in [3.05, 3.63) is 57.0 Å². The molecule has 1 aromatic carbocycles. The zero-order valence-corrected chi connectivity index (χ0v) is 13.8. The van der Waals surface area contributed by atoms with Crippen LogP contribution in [0.2, 0.25) is 0 Å². The Morgan fingerprint density at radius 1 is 1.35 bits per heavy atom. The molecule has 3 heterocycles. The zero-order valence-electron chi connectivity index (χ0n) is 13.0. The molecule has 4 rings (SSSR count). The van der Waals surface area contributed by atoms with Crippen LogP contribution in [0.15, 0.2) is 41.6 Å². The van der Waals surface area contributed by atoms with Crippen molar-refractivity contribution in [3.8, 4) is 23.0 Å². The number of nitrogens with zero attached hydrogens (tertiary/aromatic N) is 5. The van der Waals surface area contributed by atoms with E-state index in [1.54, 1.807) is 24.4 Å². The zero-order chi connectivity index (χ0) is 18.1. The van der Waals surface area contributed by atoms with E-state index in [-0.39, 0.29) is 22.8 Å². The fourth-order valence-corrected chi connectivity index (χ4v) is 2.57. The number of nitrogens with one attached hydrogen (secondary N) is 1. The first-order valence-electron chi connectivity index (χ1n) is 7.34. The van der Waals surface area contributed by atoms with Gasteiger partial charge in [-0.05, 0) is 30.4 Å². The van der Waals surface area contributed by atoms with Crippen LogP contribution in [0.4, 0.5) is 5.69 Å². The van der Waals surface area contributed by atoms with Crippen LogP contribution in [0.3, 0.4) is 0 Å². The van der Waals surface area contributed by atoms with Gasteiger partial charge in [0, 0.05) is 6.20 Å². The molecule has 0 unspecified atom stereocenters. The molecule has 0 amide bonds. The minimum absolute atomic E-state index is 0.0176. The van der Waals surface area contributed by atoms with E-state index >= 15 is 0 Å². The third kappa shape index (κ3) is 2.80. The highest BCUT2D eigenvalue weighted by Crippen LogP contribution is 2.37. The van der Waals surface area contributed by atoms with Crippen LogP contribution in [0.5, 0.6) is 11.5 Å². The molecule has 0 saturated carbocycles. The number of hydrogen-bond acceptors (Lipinski definition) is 8. The summed E-state index contributed by atoms with van der Waals surface area (Å²) in [5.74, 6) is 1.12. The van der Waals surface area contributed by atoms with Crippen LogP contribution in [-0.2, 0) is 0 Å². The average molecular weight is 370 g/mol. The van der Waals surface area contributed by atoms with Gasteiger partial charge in [-0.25, -0.2) is 5.10 Å². The van der Waals surface area contributed by atoms with Crippen molar-refractivity contribution in [2.24, 2.45) is 5.10 Å². The van der Waals surface area contributed by atoms with E-state index in [1.165, 1.54) is 23.0 Å². The van der Waals surface area contributed by atoms with E-state index in [2.05, 4.69) is 20.3 Å². The number of aromatic nitrogens is 4. The summed E-state index contributed by atoms with van der Waals surface area (Å²) in [6.07, 6.45) is 2.93. The smallest absolute Gasteiger partial charge is 0.282 e. The summed E-state index contributed by atoms with van der Waals surface area (Å²) in [5.41, 5.74) is 0.638. The van der Waals surface area contributed by atoms with E-state index in [0.29, 0.717) is 23.0 Å². The third-order valence-electron chi connectivity index (χ3n) is 3.58. The molecule has 26 heavy (non-hydrogen) atoms. The standard InChI is InChI=1S/C15H10N6O4S/c22-21(23)11-6-13-12(24-8-25-13)5-9(11)7-17-20-14(18-19-15(20)26)10-3-1-2-4-16-10/h1-7H,8H2,(H,19,26)/b17-7-. The molecule has 1 aliphatic heterocycles. The Hall–Kier alpha value is -3.60. The predicted octanol–water partition coefficient (Wildman–Crippen LogP) is 2.52. The quantitative estimate of drug-likeness (QED) is 0.324. The fourth-order valence-electron chi connectivity index (χ4n) is 2.39. The molecular weight excluding hydrogens is 360 g/mol. The van der Waals surface area contributed by atoms with Crippen molar-refractivity contribution >= 4 is 24.1 Å². The average Bonchev–Trinajstić information content (AvgIpc) is 3.25. The van der Waals surface area contributed by atoms with Crippen molar-refractivity contribution < 1.29 is 14.4 Å². The first-order chi connectivity index (χ1) is 12.6. The van der Waals surface area contributed by atoms with E-state index in [9.17, 15) is 10.1 Å². The Labute approximate surface area is 150 Å². The molecular formula is C15H10N6O4S. The molecule has 3 aromatic rings. The summed E-state index contributed by atoms with van der Waals surface area (Å²) in [6.45, 7) is 0.0176. The monoisotopic (exact) mass is 370 g/mol. The lowest BCUT2D eigenvalue weighted by atomic mass is 10.1. The molecule has 11 heteroatoms. The van der Waals surface area contributed by atoms with Crippen molar-refractivity contribution in [2.75, 3.05) is 6.79 Å². The molecule has 0 saturated heterocycles. The normalized spacial score (nSPS) is 12.6. The lowest BCUT2D eigenvalue weighted by molar-refractivity contribution is -0.385. The number of benzene rings is 1. The first kappa shape index (κ1) is 15.9. The Balaban J connectivity index is 1.78. The Bertz CT molecular complexity index is 1080. The molecule has 2 aromatic heterocycles. The number of aromatic amines is 1. The second kappa shape index (κ2) is 6.37. The van der Waals surface area contributed by atoms with Crippen molar-refractivity contribution in [1.82, 2.24) is 19.9 Å². The van der Waals surface area contributed by atoms with Crippen LogP contribution < -0.4 is 9.47 Å². The third-order valence-corrected chi connectivity index (χ3v) is 3.84. The topological polar surface area (TPSA) is 120 Å². The van der Waals surface area contributed by atoms with Crippen LogP contribution in [-0.4, -0.2) is 37.8 Å². The first-order valence-corrected chi connectivity index (χ1v) is 7.75. The number of hydrogen-bond donors (Lipinski definition) is 1. The molecule has 0 aliphatic carbocycles. The molecule has 0 radical (unpaired) electrons. The lowest BCUT2D eigenvalue weighted by Gasteiger charge is -2.02. The maximum Gasteiger partial charge on any atom is 0.282 e. The number of pyridine rings is 1. The summed E-state index contributed by atoms with van der Waals surface area (Å²) < 4.78 is 12.0. The molecule has 0 bridgehead atoms. The number of nitro groups is 1. The van der Waals surface area contributed by atoms with E-state index in [1.807, 2.05) is 0 Å². The Morgan fingerprint density at radius 2 is 2.15 bits per heavy atom. The summed E-state index contributed by atoms with van der Waals surface area (Å²) in [4.78, 5) is 15.0.